The largest absolute Gasteiger partial charge is 0.321 e. The van der Waals surface area contributed by atoms with Crippen molar-refractivity contribution in [1.82, 2.24) is 31.1 Å². The predicted octanol–water partition coefficient (Wildman–Crippen LogP) is -1.73. The Morgan fingerprint density at radius 3 is 1.54 bits per heavy atom. The summed E-state index contributed by atoms with van der Waals surface area (Å²) in [4.78, 5) is 15.9. The van der Waals surface area contributed by atoms with E-state index in [0.717, 1.165) is 0 Å². The summed E-state index contributed by atoms with van der Waals surface area (Å²) in [5.74, 6) is 0. The fraction of sp³-hybridized carbons (Fsp3) is 0.933. The Morgan fingerprint density at radius 2 is 1.21 bits per heavy atom. The highest BCUT2D eigenvalue weighted by atomic mass is 19.1. The molecule has 0 aliphatic carbocycles. The maximum atomic E-state index is 13.5. The van der Waals surface area contributed by atoms with E-state index in [0.29, 0.717) is 52.4 Å². The molecule has 0 spiro atoms. The van der Waals surface area contributed by atoms with Gasteiger partial charge in [-0.1, -0.05) is 0 Å². The highest BCUT2D eigenvalue weighted by Gasteiger charge is 2.41. The van der Waals surface area contributed by atoms with Crippen LogP contribution in [0.25, 0.3) is 0 Å². The summed E-state index contributed by atoms with van der Waals surface area (Å²) in [6.07, 6.45) is -1.69. The zero-order valence-corrected chi connectivity index (χ0v) is 13.7. The number of nitrogens with one attached hydrogen (secondary N) is 4. The fourth-order valence-corrected chi connectivity index (χ4v) is 3.91. The van der Waals surface area contributed by atoms with Gasteiger partial charge in [-0.25, -0.2) is 13.6 Å². The third kappa shape index (κ3) is 3.22. The average molecular weight is 344 g/mol. The second-order valence-corrected chi connectivity index (χ2v) is 7.38. The van der Waals surface area contributed by atoms with E-state index in [1.54, 1.807) is 9.80 Å². The molecular weight excluding hydrogens is 318 g/mol. The summed E-state index contributed by atoms with van der Waals surface area (Å²) >= 11 is 0. The molecule has 0 aromatic carbocycles. The van der Waals surface area contributed by atoms with Gasteiger partial charge >= 0.3 is 6.03 Å². The number of urea groups is 1. The molecule has 24 heavy (non-hydrogen) atoms. The lowest BCUT2D eigenvalue weighted by molar-refractivity contribution is 0.0643. The maximum absolute atomic E-state index is 13.5. The minimum absolute atomic E-state index is 0.0359. The molecular formula is C15H26F2N6O. The first kappa shape index (κ1) is 16.4. The second kappa shape index (κ2) is 6.70. The van der Waals surface area contributed by atoms with Crippen LogP contribution < -0.4 is 21.3 Å². The highest BCUT2D eigenvalue weighted by Crippen LogP contribution is 2.19. The highest BCUT2D eigenvalue weighted by molar-refractivity contribution is 5.76. The average Bonchev–Trinajstić information content (AvgIpc) is 3.05. The lowest BCUT2D eigenvalue weighted by Crippen LogP contribution is -2.70. The number of hydrogen-bond acceptors (Lipinski definition) is 5. The maximum Gasteiger partial charge on any atom is 0.320 e. The molecule has 4 aliphatic rings. The number of carbonyl (C=O) groups is 1. The summed E-state index contributed by atoms with van der Waals surface area (Å²) < 4.78 is 27.1. The Bertz CT molecular complexity index is 431. The lowest BCUT2D eigenvalue weighted by atomic mass is 10.0. The van der Waals surface area contributed by atoms with E-state index in [-0.39, 0.29) is 30.2 Å². The van der Waals surface area contributed by atoms with Crippen molar-refractivity contribution in [3.8, 4) is 0 Å². The molecule has 0 bridgehead atoms. The van der Waals surface area contributed by atoms with E-state index < -0.39 is 12.3 Å². The Hall–Kier alpha value is -1.03. The fourth-order valence-electron chi connectivity index (χ4n) is 3.91. The van der Waals surface area contributed by atoms with Crippen molar-refractivity contribution in [2.24, 2.45) is 0 Å². The normalized spacial score (nSPS) is 37.6. The molecule has 136 valence electrons. The molecule has 4 N–H and O–H groups in total. The molecule has 0 aromatic rings. The molecule has 4 saturated heterocycles. The predicted molar refractivity (Wildman–Crippen MR) is 85.5 cm³/mol. The van der Waals surface area contributed by atoms with Gasteiger partial charge in [0.2, 0.25) is 0 Å². The van der Waals surface area contributed by atoms with Crippen molar-refractivity contribution < 1.29 is 13.6 Å². The van der Waals surface area contributed by atoms with Crippen LogP contribution in [0.4, 0.5) is 13.6 Å². The van der Waals surface area contributed by atoms with Crippen LogP contribution in [-0.4, -0.2) is 105 Å². The first-order valence-corrected chi connectivity index (χ1v) is 8.85. The molecule has 2 amide bonds. The van der Waals surface area contributed by atoms with Gasteiger partial charge in [-0.3, -0.25) is 0 Å². The lowest BCUT2D eigenvalue weighted by Gasteiger charge is -2.48. The zero-order chi connectivity index (χ0) is 16.7. The van der Waals surface area contributed by atoms with Crippen LogP contribution in [0.2, 0.25) is 0 Å². The smallest absolute Gasteiger partial charge is 0.320 e. The molecule has 4 heterocycles. The molecule has 0 radical (unpaired) electrons. The number of rotatable bonds is 4. The summed E-state index contributed by atoms with van der Waals surface area (Å²) in [5.41, 5.74) is 0. The molecule has 4 unspecified atom stereocenters. The van der Waals surface area contributed by atoms with Crippen LogP contribution in [0.5, 0.6) is 0 Å². The summed E-state index contributed by atoms with van der Waals surface area (Å²) in [7, 11) is 0. The molecule has 7 nitrogen and oxygen atoms in total. The number of carbonyl (C=O) groups excluding carboxylic acids is 1. The molecule has 4 rings (SSSR count). The molecule has 0 saturated carbocycles. The quantitative estimate of drug-likeness (QED) is 0.488. The van der Waals surface area contributed by atoms with Gasteiger partial charge in [0.1, 0.15) is 12.3 Å². The van der Waals surface area contributed by atoms with Crippen molar-refractivity contribution in [3.63, 3.8) is 0 Å². The van der Waals surface area contributed by atoms with Gasteiger partial charge in [0.15, 0.2) is 0 Å². The van der Waals surface area contributed by atoms with E-state index in [2.05, 4.69) is 21.3 Å². The Balaban J connectivity index is 1.14. The first-order valence-electron chi connectivity index (χ1n) is 8.85. The van der Waals surface area contributed by atoms with Crippen LogP contribution in [0, 0.1) is 0 Å². The summed E-state index contributed by atoms with van der Waals surface area (Å²) in [5, 5.41) is 12.6. The molecule has 4 fully saturated rings. The number of halogens is 2. The van der Waals surface area contributed by atoms with Crippen LogP contribution >= 0.6 is 0 Å². The molecule has 4 aliphatic heterocycles. The Kier molecular flexibility index (Phi) is 4.59. The van der Waals surface area contributed by atoms with E-state index in [1.807, 2.05) is 0 Å². The minimum Gasteiger partial charge on any atom is -0.321 e. The number of alkyl halides is 2. The van der Waals surface area contributed by atoms with E-state index >= 15 is 0 Å². The monoisotopic (exact) mass is 344 g/mol. The first-order chi connectivity index (χ1) is 11.6. The topological polar surface area (TPSA) is 71.7 Å². The Labute approximate surface area is 140 Å². The standard InChI is InChI=1S/C15H26F2N6O/c16-11-1-18-3-13(11)20-9-5-22(6-9)15(24)23-7-10(8-23)21-14-4-19-2-12(14)17/h9-14,18-21H,1-8H2. The van der Waals surface area contributed by atoms with E-state index in [1.165, 1.54) is 0 Å². The third-order valence-corrected chi connectivity index (χ3v) is 5.48. The van der Waals surface area contributed by atoms with Crippen LogP contribution in [-0.2, 0) is 0 Å². The number of nitrogens with zero attached hydrogens (tertiary/aromatic N) is 2. The van der Waals surface area contributed by atoms with Crippen molar-refractivity contribution in [2.45, 2.75) is 36.5 Å². The van der Waals surface area contributed by atoms with Crippen molar-refractivity contribution in [3.05, 3.63) is 0 Å². The van der Waals surface area contributed by atoms with Gasteiger partial charge in [0.05, 0.1) is 12.1 Å². The summed E-state index contributed by atoms with van der Waals surface area (Å²) in [6, 6.07) is 0.124. The number of amides is 2. The molecule has 4 atom stereocenters. The van der Waals surface area contributed by atoms with Crippen molar-refractivity contribution in [2.75, 3.05) is 52.4 Å². The van der Waals surface area contributed by atoms with Crippen LogP contribution in [0.15, 0.2) is 0 Å². The van der Waals surface area contributed by atoms with Crippen LogP contribution in [0.1, 0.15) is 0 Å². The van der Waals surface area contributed by atoms with Gasteiger partial charge in [-0.15, -0.1) is 0 Å². The van der Waals surface area contributed by atoms with Crippen molar-refractivity contribution >= 4 is 6.03 Å². The SMILES string of the molecule is O=C(N1CC(NC2CNCC2F)C1)N1CC(NC2CNCC2F)C1. The number of likely N-dealkylation sites (tertiary alicyclic amines) is 2. The van der Waals surface area contributed by atoms with Gasteiger partial charge < -0.3 is 31.1 Å². The molecule has 9 heteroatoms. The van der Waals surface area contributed by atoms with E-state index in [4.69, 9.17) is 0 Å². The van der Waals surface area contributed by atoms with Gasteiger partial charge in [-0.2, -0.15) is 0 Å². The van der Waals surface area contributed by atoms with Gasteiger partial charge in [0, 0.05) is 64.4 Å². The number of hydrogen-bond donors (Lipinski definition) is 4. The summed E-state index contributed by atoms with van der Waals surface area (Å²) in [6.45, 7) is 4.65. The third-order valence-electron chi connectivity index (χ3n) is 5.48. The zero-order valence-electron chi connectivity index (χ0n) is 13.7. The van der Waals surface area contributed by atoms with Crippen LogP contribution in [0.3, 0.4) is 0 Å². The van der Waals surface area contributed by atoms with Gasteiger partial charge in [-0.05, 0) is 0 Å². The second-order valence-electron chi connectivity index (χ2n) is 7.38. The van der Waals surface area contributed by atoms with Crippen molar-refractivity contribution in [1.29, 1.82) is 0 Å². The van der Waals surface area contributed by atoms with Gasteiger partial charge in [0.25, 0.3) is 0 Å². The molecule has 0 aromatic heterocycles. The Morgan fingerprint density at radius 1 is 0.792 bits per heavy atom. The van der Waals surface area contributed by atoms with E-state index in [9.17, 15) is 13.6 Å². The minimum atomic E-state index is -0.846.